The van der Waals surface area contributed by atoms with E-state index >= 15 is 0 Å². The van der Waals surface area contributed by atoms with E-state index < -0.39 is 0 Å². The number of nitrogens with zero attached hydrogens (tertiary/aromatic N) is 4. The van der Waals surface area contributed by atoms with Gasteiger partial charge in [0, 0.05) is 30.2 Å². The molecule has 4 rings (SSSR count). The Labute approximate surface area is 198 Å². The number of rotatable bonds is 8. The molecular formula is C25H27ClN4OS. The molecule has 0 radical (unpaired) electrons. The molecule has 1 saturated heterocycles. The smallest absolute Gasteiger partial charge is 0.233 e. The Bertz CT molecular complexity index is 1040. The second kappa shape index (κ2) is 10.8. The molecule has 0 spiro atoms. The average molecular weight is 467 g/mol. The number of hydrogen-bond acceptors (Lipinski definition) is 4. The fourth-order valence-electron chi connectivity index (χ4n) is 4.05. The number of carbonyl (C=O) groups excluding carboxylic acids is 1. The minimum Gasteiger partial charge on any atom is -0.342 e. The van der Waals surface area contributed by atoms with Crippen LogP contribution in [-0.2, 0) is 17.8 Å². The van der Waals surface area contributed by atoms with E-state index in [-0.39, 0.29) is 5.91 Å². The first-order chi connectivity index (χ1) is 15.6. The van der Waals surface area contributed by atoms with Crippen LogP contribution in [0, 0.1) is 5.92 Å². The van der Waals surface area contributed by atoms with Gasteiger partial charge >= 0.3 is 0 Å². The maximum absolute atomic E-state index is 12.8. The Kier molecular flexibility index (Phi) is 7.66. The van der Waals surface area contributed by atoms with E-state index in [1.54, 1.807) is 0 Å². The zero-order valence-electron chi connectivity index (χ0n) is 18.0. The van der Waals surface area contributed by atoms with Gasteiger partial charge in [-0.2, -0.15) is 0 Å². The van der Waals surface area contributed by atoms with Gasteiger partial charge in [0.05, 0.1) is 5.75 Å². The first-order valence-electron chi connectivity index (χ1n) is 10.9. The van der Waals surface area contributed by atoms with Gasteiger partial charge < -0.3 is 4.90 Å². The van der Waals surface area contributed by atoms with Crippen LogP contribution in [0.3, 0.4) is 0 Å². The van der Waals surface area contributed by atoms with Crippen molar-refractivity contribution >= 4 is 29.3 Å². The number of amides is 1. The topological polar surface area (TPSA) is 51.0 Å². The lowest BCUT2D eigenvalue weighted by Crippen LogP contribution is -2.39. The van der Waals surface area contributed by atoms with Gasteiger partial charge in [0.25, 0.3) is 0 Å². The minimum absolute atomic E-state index is 0.161. The number of hydrogen-bond donors (Lipinski definition) is 0. The summed E-state index contributed by atoms with van der Waals surface area (Å²) in [5, 5.41) is 10.1. The summed E-state index contributed by atoms with van der Waals surface area (Å²) >= 11 is 7.44. The molecular weight excluding hydrogens is 440 g/mol. The number of carbonyl (C=O) groups is 1. The molecule has 2 aromatic carbocycles. The van der Waals surface area contributed by atoms with E-state index in [4.69, 9.17) is 11.6 Å². The Balaban J connectivity index is 1.33. The summed E-state index contributed by atoms with van der Waals surface area (Å²) in [6, 6.07) is 18.1. The highest BCUT2D eigenvalue weighted by atomic mass is 35.5. The summed E-state index contributed by atoms with van der Waals surface area (Å²) in [5.41, 5.74) is 2.31. The van der Waals surface area contributed by atoms with Gasteiger partial charge in [-0.1, -0.05) is 59.8 Å². The van der Waals surface area contributed by atoms with Crippen LogP contribution in [-0.4, -0.2) is 44.4 Å². The number of likely N-dealkylation sites (tertiary alicyclic amines) is 1. The van der Waals surface area contributed by atoms with Gasteiger partial charge in [-0.25, -0.2) is 0 Å². The van der Waals surface area contributed by atoms with E-state index in [0.29, 0.717) is 23.2 Å². The molecule has 3 aromatic rings. The summed E-state index contributed by atoms with van der Waals surface area (Å²) in [6.45, 7) is 6.08. The molecule has 0 unspecified atom stereocenters. The molecule has 1 aromatic heterocycles. The lowest BCUT2D eigenvalue weighted by Gasteiger charge is -2.32. The van der Waals surface area contributed by atoms with E-state index in [0.717, 1.165) is 48.9 Å². The van der Waals surface area contributed by atoms with Crippen LogP contribution in [0.15, 0.2) is 72.4 Å². The highest BCUT2D eigenvalue weighted by molar-refractivity contribution is 7.99. The van der Waals surface area contributed by atoms with E-state index in [1.165, 1.54) is 17.3 Å². The molecule has 1 aliphatic rings. The fourth-order valence-corrected chi connectivity index (χ4v) is 5.03. The Morgan fingerprint density at radius 2 is 1.81 bits per heavy atom. The van der Waals surface area contributed by atoms with Crippen LogP contribution in [0.4, 0.5) is 0 Å². The molecule has 7 heteroatoms. The second-order valence-corrected chi connectivity index (χ2v) is 9.39. The molecule has 5 nitrogen and oxygen atoms in total. The molecule has 0 N–H and O–H groups in total. The Morgan fingerprint density at radius 1 is 1.09 bits per heavy atom. The zero-order chi connectivity index (χ0) is 22.3. The third-order valence-electron chi connectivity index (χ3n) is 5.79. The first-order valence-corrected chi connectivity index (χ1v) is 12.2. The summed E-state index contributed by atoms with van der Waals surface area (Å²) in [6.07, 6.45) is 5.01. The van der Waals surface area contributed by atoms with Gasteiger partial charge in [-0.15, -0.1) is 16.8 Å². The van der Waals surface area contributed by atoms with E-state index in [1.807, 2.05) is 39.8 Å². The highest BCUT2D eigenvalue weighted by Gasteiger charge is 2.24. The van der Waals surface area contributed by atoms with Gasteiger partial charge in [-0.05, 0) is 55.0 Å². The van der Waals surface area contributed by atoms with Crippen molar-refractivity contribution < 1.29 is 4.79 Å². The van der Waals surface area contributed by atoms with Crippen molar-refractivity contribution in [2.45, 2.75) is 31.0 Å². The normalized spacial score (nSPS) is 14.5. The van der Waals surface area contributed by atoms with Gasteiger partial charge in [-0.3, -0.25) is 9.36 Å². The summed E-state index contributed by atoms with van der Waals surface area (Å²) in [4.78, 5) is 14.8. The summed E-state index contributed by atoms with van der Waals surface area (Å²) in [7, 11) is 0. The number of allylic oxidation sites excluding steroid dienone is 1. The SMILES string of the molecule is C=CCn1c(SCC(=O)N2CCC(Cc3ccccc3)CC2)nnc1-c1ccc(Cl)cc1. The fraction of sp³-hybridized carbons (Fsp3) is 0.320. The highest BCUT2D eigenvalue weighted by Crippen LogP contribution is 2.27. The maximum atomic E-state index is 12.8. The molecule has 2 heterocycles. The standard InChI is InChI=1S/C25H27ClN4OS/c1-2-14-30-24(21-8-10-22(26)11-9-21)27-28-25(30)32-18-23(31)29-15-12-20(13-16-29)17-19-6-4-3-5-7-19/h2-11,20H,1,12-18H2. The number of halogens is 1. The molecule has 1 fully saturated rings. The molecule has 0 bridgehead atoms. The lowest BCUT2D eigenvalue weighted by atomic mass is 9.90. The molecule has 1 amide bonds. The summed E-state index contributed by atoms with van der Waals surface area (Å²) < 4.78 is 1.99. The second-order valence-electron chi connectivity index (χ2n) is 8.01. The van der Waals surface area contributed by atoms with Crippen molar-refractivity contribution in [1.82, 2.24) is 19.7 Å². The van der Waals surface area contributed by atoms with Crippen molar-refractivity contribution in [1.29, 1.82) is 0 Å². The quantitative estimate of drug-likeness (QED) is 0.331. The van der Waals surface area contributed by atoms with Crippen LogP contribution < -0.4 is 0 Å². The summed E-state index contributed by atoms with van der Waals surface area (Å²) in [5.74, 6) is 1.92. The predicted octanol–water partition coefficient (Wildman–Crippen LogP) is 5.36. The van der Waals surface area contributed by atoms with Crippen molar-refractivity contribution in [3.63, 3.8) is 0 Å². The molecule has 0 atom stereocenters. The average Bonchev–Trinajstić information content (AvgIpc) is 3.22. The molecule has 32 heavy (non-hydrogen) atoms. The molecule has 166 valence electrons. The van der Waals surface area contributed by atoms with Gasteiger partial charge in [0.2, 0.25) is 5.91 Å². The largest absolute Gasteiger partial charge is 0.342 e. The number of thioether (sulfide) groups is 1. The monoisotopic (exact) mass is 466 g/mol. The molecule has 0 aliphatic carbocycles. The number of benzene rings is 2. The first kappa shape index (κ1) is 22.6. The van der Waals surface area contributed by atoms with Crippen LogP contribution in [0.5, 0.6) is 0 Å². The van der Waals surface area contributed by atoms with Crippen LogP contribution in [0.1, 0.15) is 18.4 Å². The third kappa shape index (κ3) is 5.61. The maximum Gasteiger partial charge on any atom is 0.233 e. The zero-order valence-corrected chi connectivity index (χ0v) is 19.6. The molecule has 0 saturated carbocycles. The van der Waals surface area contributed by atoms with Gasteiger partial charge in [0.1, 0.15) is 0 Å². The van der Waals surface area contributed by atoms with Crippen LogP contribution >= 0.6 is 23.4 Å². The van der Waals surface area contributed by atoms with E-state index in [2.05, 4.69) is 47.1 Å². The third-order valence-corrected chi connectivity index (χ3v) is 6.99. The Morgan fingerprint density at radius 3 is 2.50 bits per heavy atom. The number of piperidine rings is 1. The molecule has 1 aliphatic heterocycles. The number of aromatic nitrogens is 3. The van der Waals surface area contributed by atoms with Crippen molar-refractivity contribution in [2.24, 2.45) is 5.92 Å². The van der Waals surface area contributed by atoms with Crippen molar-refractivity contribution in [3.8, 4) is 11.4 Å². The van der Waals surface area contributed by atoms with E-state index in [9.17, 15) is 4.79 Å². The predicted molar refractivity (Wildman–Crippen MR) is 131 cm³/mol. The van der Waals surface area contributed by atoms with Crippen molar-refractivity contribution in [2.75, 3.05) is 18.8 Å². The van der Waals surface area contributed by atoms with Crippen molar-refractivity contribution in [3.05, 3.63) is 77.8 Å². The van der Waals surface area contributed by atoms with Crippen LogP contribution in [0.2, 0.25) is 5.02 Å². The lowest BCUT2D eigenvalue weighted by molar-refractivity contribution is -0.129. The van der Waals surface area contributed by atoms with Gasteiger partial charge in [0.15, 0.2) is 11.0 Å². The Hall–Kier alpha value is -2.57. The van der Waals surface area contributed by atoms with Crippen LogP contribution in [0.25, 0.3) is 11.4 Å². The minimum atomic E-state index is 0.161.